The molecule has 116 valence electrons. The largest absolute Gasteiger partial charge is 0.379 e. The van der Waals surface area contributed by atoms with Gasteiger partial charge in [0.15, 0.2) is 0 Å². The van der Waals surface area contributed by atoms with Crippen LogP contribution >= 0.6 is 0 Å². The van der Waals surface area contributed by atoms with Crippen molar-refractivity contribution in [2.45, 2.75) is 67.9 Å². The van der Waals surface area contributed by atoms with E-state index in [4.69, 9.17) is 9.47 Å². The quantitative estimate of drug-likeness (QED) is 0.703. The number of nitrogens with one attached hydrogen (secondary N) is 1. The lowest BCUT2D eigenvalue weighted by Gasteiger charge is -2.06. The van der Waals surface area contributed by atoms with Crippen molar-refractivity contribution < 1.29 is 9.47 Å². The first-order valence-electron chi connectivity index (χ1n) is 7.52. The van der Waals surface area contributed by atoms with Crippen molar-refractivity contribution in [2.24, 2.45) is 0 Å². The van der Waals surface area contributed by atoms with Crippen molar-refractivity contribution >= 4 is 0 Å². The Balaban J connectivity index is -0.000000102. The molecule has 0 radical (unpaired) electrons. The van der Waals surface area contributed by atoms with Gasteiger partial charge in [0, 0.05) is 6.61 Å². The van der Waals surface area contributed by atoms with E-state index in [1.165, 1.54) is 0 Å². The second-order valence-corrected chi connectivity index (χ2v) is 3.24. The van der Waals surface area contributed by atoms with Gasteiger partial charge in [-0.05, 0) is 33.9 Å². The highest BCUT2D eigenvalue weighted by Crippen LogP contribution is 1.87. The van der Waals surface area contributed by atoms with Crippen LogP contribution in [0.4, 0.5) is 0 Å². The first kappa shape index (κ1) is 26.4. The predicted octanol–water partition coefficient (Wildman–Crippen LogP) is 4.12. The van der Waals surface area contributed by atoms with Crippen LogP contribution in [0.2, 0.25) is 0 Å². The summed E-state index contributed by atoms with van der Waals surface area (Å²) >= 11 is 0. The predicted molar refractivity (Wildman–Crippen MR) is 84.5 cm³/mol. The van der Waals surface area contributed by atoms with Gasteiger partial charge in [-0.15, -0.1) is 0 Å². The van der Waals surface area contributed by atoms with Gasteiger partial charge in [0.1, 0.15) is 0 Å². The van der Waals surface area contributed by atoms with Crippen molar-refractivity contribution in [1.82, 2.24) is 5.32 Å². The highest BCUT2D eigenvalue weighted by atomic mass is 16.5. The fraction of sp³-hybridized carbons (Fsp3) is 1.00. The minimum absolute atomic E-state index is 0.324. The smallest absolute Gasteiger partial charge is 0.0703 e. The van der Waals surface area contributed by atoms with Gasteiger partial charge in [0.2, 0.25) is 0 Å². The maximum Gasteiger partial charge on any atom is 0.0703 e. The molecule has 0 aliphatic carbocycles. The molecule has 0 amide bonds. The third kappa shape index (κ3) is 56.6. The van der Waals surface area contributed by atoms with Crippen LogP contribution in [0.25, 0.3) is 0 Å². The van der Waals surface area contributed by atoms with Crippen LogP contribution < -0.4 is 5.32 Å². The lowest BCUT2D eigenvalue weighted by molar-refractivity contribution is 0.0198. The molecule has 0 bridgehead atoms. The molecule has 3 heteroatoms. The zero-order chi connectivity index (χ0) is 15.2. The van der Waals surface area contributed by atoms with Gasteiger partial charge >= 0.3 is 0 Å². The Morgan fingerprint density at radius 3 is 1.61 bits per heavy atom. The molecule has 0 aliphatic rings. The Kier molecular flexibility index (Phi) is 52.8. The summed E-state index contributed by atoms with van der Waals surface area (Å²) in [4.78, 5) is 0. The van der Waals surface area contributed by atoms with Crippen molar-refractivity contribution in [3.8, 4) is 0 Å². The zero-order valence-corrected chi connectivity index (χ0v) is 14.4. The standard InChI is InChI=1S/C8H18O2.C3H9N.2C2H6/c1-4-5-9-6-7-10-8(2)3;1-3-4-2;2*1-2/h8H,4-7H2,1-3H3;4H,3H2,1-2H3;2*1-2H3. The van der Waals surface area contributed by atoms with Gasteiger partial charge in [0.25, 0.3) is 0 Å². The minimum atomic E-state index is 0.324. The molecule has 0 heterocycles. The SMILES string of the molecule is CC.CC.CCCOCCOC(C)C.CCNC. The summed E-state index contributed by atoms with van der Waals surface area (Å²) in [6.45, 7) is 19.6. The van der Waals surface area contributed by atoms with Crippen molar-refractivity contribution in [3.05, 3.63) is 0 Å². The van der Waals surface area contributed by atoms with Crippen LogP contribution in [-0.2, 0) is 9.47 Å². The van der Waals surface area contributed by atoms with Crippen molar-refractivity contribution in [1.29, 1.82) is 0 Å². The van der Waals surface area contributed by atoms with E-state index in [-0.39, 0.29) is 0 Å². The summed E-state index contributed by atoms with van der Waals surface area (Å²) in [5.74, 6) is 0. The Morgan fingerprint density at radius 1 is 0.889 bits per heavy atom. The third-order valence-corrected chi connectivity index (χ3v) is 1.38. The molecule has 0 atom stereocenters. The molecule has 0 aliphatic heterocycles. The molecular formula is C15H39NO2. The lowest BCUT2D eigenvalue weighted by atomic mass is 10.5. The van der Waals surface area contributed by atoms with E-state index in [9.17, 15) is 0 Å². The van der Waals surface area contributed by atoms with Crippen LogP contribution in [0.1, 0.15) is 61.8 Å². The van der Waals surface area contributed by atoms with E-state index in [1.54, 1.807) is 0 Å². The third-order valence-electron chi connectivity index (χ3n) is 1.38. The van der Waals surface area contributed by atoms with E-state index in [0.717, 1.165) is 32.8 Å². The highest BCUT2D eigenvalue weighted by molar-refractivity contribution is 4.36. The molecule has 0 fully saturated rings. The van der Waals surface area contributed by atoms with Gasteiger partial charge < -0.3 is 14.8 Å². The van der Waals surface area contributed by atoms with Crippen LogP contribution in [0.3, 0.4) is 0 Å². The van der Waals surface area contributed by atoms with E-state index in [2.05, 4.69) is 19.2 Å². The second-order valence-electron chi connectivity index (χ2n) is 3.24. The molecule has 0 spiro atoms. The van der Waals surface area contributed by atoms with Gasteiger partial charge in [-0.25, -0.2) is 0 Å². The van der Waals surface area contributed by atoms with Crippen molar-refractivity contribution in [2.75, 3.05) is 33.4 Å². The van der Waals surface area contributed by atoms with Crippen LogP contribution in [0.15, 0.2) is 0 Å². The Hall–Kier alpha value is -0.120. The van der Waals surface area contributed by atoms with Crippen LogP contribution in [-0.4, -0.2) is 39.5 Å². The van der Waals surface area contributed by atoms with Gasteiger partial charge in [-0.1, -0.05) is 41.5 Å². The molecule has 0 saturated heterocycles. The summed E-state index contributed by atoms with van der Waals surface area (Å²) in [5.41, 5.74) is 0. The summed E-state index contributed by atoms with van der Waals surface area (Å²) in [5, 5.41) is 2.93. The van der Waals surface area contributed by atoms with Crippen LogP contribution in [0.5, 0.6) is 0 Å². The molecule has 0 aromatic heterocycles. The molecule has 3 nitrogen and oxygen atoms in total. The molecule has 0 aromatic rings. The summed E-state index contributed by atoms with van der Waals surface area (Å²) in [6, 6.07) is 0. The summed E-state index contributed by atoms with van der Waals surface area (Å²) in [7, 11) is 1.93. The van der Waals surface area contributed by atoms with Gasteiger partial charge in [0.05, 0.1) is 19.3 Å². The second kappa shape index (κ2) is 36.0. The minimum Gasteiger partial charge on any atom is -0.379 e. The lowest BCUT2D eigenvalue weighted by Crippen LogP contribution is -2.09. The first-order valence-corrected chi connectivity index (χ1v) is 7.52. The molecule has 0 aromatic carbocycles. The molecule has 0 saturated carbocycles. The molecule has 1 N–H and O–H groups in total. The monoisotopic (exact) mass is 265 g/mol. The number of hydrogen-bond donors (Lipinski definition) is 1. The fourth-order valence-electron chi connectivity index (χ4n) is 0.589. The van der Waals surface area contributed by atoms with Gasteiger partial charge in [-0.2, -0.15) is 0 Å². The maximum atomic E-state index is 5.26. The number of rotatable bonds is 7. The molecular weight excluding hydrogens is 226 g/mol. The van der Waals surface area contributed by atoms with Crippen LogP contribution in [0, 0.1) is 0 Å². The topological polar surface area (TPSA) is 30.5 Å². The first-order chi connectivity index (χ1) is 8.68. The number of hydrogen-bond acceptors (Lipinski definition) is 3. The molecule has 0 unspecified atom stereocenters. The zero-order valence-electron chi connectivity index (χ0n) is 14.4. The summed E-state index contributed by atoms with van der Waals surface area (Å²) in [6.07, 6.45) is 1.41. The molecule has 18 heavy (non-hydrogen) atoms. The fourth-order valence-corrected chi connectivity index (χ4v) is 0.589. The van der Waals surface area contributed by atoms with E-state index < -0.39 is 0 Å². The molecule has 0 rings (SSSR count). The highest BCUT2D eigenvalue weighted by Gasteiger charge is 1.91. The Labute approximate surface area is 117 Å². The van der Waals surface area contributed by atoms with E-state index in [0.29, 0.717) is 6.10 Å². The average Bonchev–Trinajstić information content (AvgIpc) is 2.43. The van der Waals surface area contributed by atoms with E-state index >= 15 is 0 Å². The Morgan fingerprint density at radius 2 is 1.33 bits per heavy atom. The van der Waals surface area contributed by atoms with Crippen molar-refractivity contribution in [3.63, 3.8) is 0 Å². The van der Waals surface area contributed by atoms with E-state index in [1.807, 2.05) is 48.6 Å². The number of ether oxygens (including phenoxy) is 2. The summed E-state index contributed by atoms with van der Waals surface area (Å²) < 4.78 is 10.5. The van der Waals surface area contributed by atoms with Gasteiger partial charge in [-0.3, -0.25) is 0 Å². The average molecular weight is 265 g/mol. The normalized spacial score (nSPS) is 8.33. The maximum absolute atomic E-state index is 5.26. The Bertz CT molecular complexity index is 86.6.